The lowest BCUT2D eigenvalue weighted by atomic mass is 10.1. The maximum absolute atomic E-state index is 5.59. The van der Waals surface area contributed by atoms with Crippen molar-refractivity contribution >= 4 is 0 Å². The van der Waals surface area contributed by atoms with Crippen LogP contribution in [0.5, 0.6) is 0 Å². The van der Waals surface area contributed by atoms with Crippen LogP contribution in [0.2, 0.25) is 0 Å². The summed E-state index contributed by atoms with van der Waals surface area (Å²) in [6.07, 6.45) is 0. The highest BCUT2D eigenvalue weighted by atomic mass is 14.7. The normalized spacial score (nSPS) is 10.3. The van der Waals surface area contributed by atoms with E-state index in [0.29, 0.717) is 6.54 Å². The van der Waals surface area contributed by atoms with Gasteiger partial charge in [-0.1, -0.05) is 30.3 Å². The lowest BCUT2D eigenvalue weighted by Gasteiger charge is -2.05. The van der Waals surface area contributed by atoms with Gasteiger partial charge >= 0.3 is 0 Å². The summed E-state index contributed by atoms with van der Waals surface area (Å²) in [5.74, 6) is 0. The fraction of sp³-hybridized carbons (Fsp3) is 0.125. The quantitative estimate of drug-likeness (QED) is 0.620. The van der Waals surface area contributed by atoms with Crippen molar-refractivity contribution in [3.63, 3.8) is 0 Å². The van der Waals surface area contributed by atoms with Gasteiger partial charge < -0.3 is 11.5 Å². The Balaban J connectivity index is 2.75. The van der Waals surface area contributed by atoms with Gasteiger partial charge in [-0.25, -0.2) is 0 Å². The molecular formula is C8H11N2. The molecule has 0 amide bonds. The van der Waals surface area contributed by atoms with Crippen molar-refractivity contribution in [3.8, 4) is 0 Å². The van der Waals surface area contributed by atoms with Crippen LogP contribution < -0.4 is 11.5 Å². The van der Waals surface area contributed by atoms with Gasteiger partial charge in [0.25, 0.3) is 0 Å². The Morgan fingerprint density at radius 2 is 1.80 bits per heavy atom. The molecule has 2 nitrogen and oxygen atoms in total. The zero-order valence-corrected chi connectivity index (χ0v) is 5.75. The van der Waals surface area contributed by atoms with E-state index in [9.17, 15) is 0 Å². The molecule has 0 aliphatic carbocycles. The van der Waals surface area contributed by atoms with Crippen LogP contribution in [0.1, 0.15) is 5.56 Å². The van der Waals surface area contributed by atoms with Crippen LogP contribution in [0.3, 0.4) is 0 Å². The molecule has 0 atom stereocenters. The first-order valence-electron chi connectivity index (χ1n) is 3.21. The average molecular weight is 135 g/mol. The van der Waals surface area contributed by atoms with Crippen molar-refractivity contribution in [1.29, 1.82) is 0 Å². The monoisotopic (exact) mass is 135 g/mol. The summed E-state index contributed by atoms with van der Waals surface area (Å²) in [5, 5.41) is 0. The van der Waals surface area contributed by atoms with Crippen molar-refractivity contribution in [2.24, 2.45) is 11.5 Å². The average Bonchev–Trinajstić information content (AvgIpc) is 2.05. The first-order valence-corrected chi connectivity index (χ1v) is 3.21. The highest BCUT2D eigenvalue weighted by Crippen LogP contribution is 2.05. The molecule has 0 aromatic heterocycles. The molecule has 1 aromatic rings. The smallest absolute Gasteiger partial charge is 0.0771 e. The minimum atomic E-state index is 0.421. The van der Waals surface area contributed by atoms with E-state index in [1.807, 2.05) is 30.3 Å². The highest BCUT2D eigenvalue weighted by molar-refractivity contribution is 5.28. The summed E-state index contributed by atoms with van der Waals surface area (Å²) < 4.78 is 0. The number of nitrogens with two attached hydrogens (primary N) is 2. The van der Waals surface area contributed by atoms with E-state index in [1.54, 1.807) is 0 Å². The van der Waals surface area contributed by atoms with Gasteiger partial charge in [-0.15, -0.1) is 0 Å². The van der Waals surface area contributed by atoms with Gasteiger partial charge in [0.2, 0.25) is 0 Å². The molecule has 4 N–H and O–H groups in total. The molecule has 0 aliphatic heterocycles. The van der Waals surface area contributed by atoms with E-state index in [-0.39, 0.29) is 0 Å². The van der Waals surface area contributed by atoms with E-state index < -0.39 is 0 Å². The van der Waals surface area contributed by atoms with Crippen LogP contribution in [-0.4, -0.2) is 6.54 Å². The molecule has 0 saturated carbocycles. The molecule has 0 aliphatic rings. The summed E-state index contributed by atoms with van der Waals surface area (Å²) in [5.41, 5.74) is 11.9. The minimum Gasteiger partial charge on any atom is -0.328 e. The molecule has 10 heavy (non-hydrogen) atoms. The van der Waals surface area contributed by atoms with Crippen molar-refractivity contribution in [1.82, 2.24) is 0 Å². The van der Waals surface area contributed by atoms with Crippen molar-refractivity contribution in [3.05, 3.63) is 41.9 Å². The van der Waals surface area contributed by atoms with Crippen molar-refractivity contribution in [2.45, 2.75) is 0 Å². The molecule has 1 aromatic carbocycles. The fourth-order valence-corrected chi connectivity index (χ4v) is 0.770. The van der Waals surface area contributed by atoms with Gasteiger partial charge in [-0.05, 0) is 5.56 Å². The van der Waals surface area contributed by atoms with Gasteiger partial charge in [0.15, 0.2) is 0 Å². The van der Waals surface area contributed by atoms with E-state index >= 15 is 0 Å². The standard InChI is InChI=1S/C8H11N2/c9-6-8(10)7-4-2-1-3-5-7/h1-5H,6,9-10H2. The Morgan fingerprint density at radius 3 is 2.30 bits per heavy atom. The molecule has 0 spiro atoms. The first kappa shape index (κ1) is 7.25. The van der Waals surface area contributed by atoms with Gasteiger partial charge in [-0.3, -0.25) is 0 Å². The lowest BCUT2D eigenvalue weighted by molar-refractivity contribution is 0.964. The Hall–Kier alpha value is -0.860. The molecule has 1 radical (unpaired) electrons. The third-order valence-electron chi connectivity index (χ3n) is 1.36. The topological polar surface area (TPSA) is 52.0 Å². The summed E-state index contributed by atoms with van der Waals surface area (Å²) >= 11 is 0. The molecule has 0 heterocycles. The Bertz CT molecular complexity index is 184. The third-order valence-corrected chi connectivity index (χ3v) is 1.36. The molecule has 0 bridgehead atoms. The maximum atomic E-state index is 5.59. The summed E-state index contributed by atoms with van der Waals surface area (Å²) in [4.78, 5) is 0. The number of hydrogen-bond acceptors (Lipinski definition) is 2. The van der Waals surface area contributed by atoms with E-state index in [2.05, 4.69) is 0 Å². The number of benzene rings is 1. The predicted octanol–water partition coefficient (Wildman–Crippen LogP) is 0.484. The Labute approximate surface area is 60.8 Å². The summed E-state index contributed by atoms with van der Waals surface area (Å²) in [6.45, 7) is 0.421. The third kappa shape index (κ3) is 1.56. The number of hydrogen-bond donors (Lipinski definition) is 2. The van der Waals surface area contributed by atoms with Crippen LogP contribution in [0.4, 0.5) is 0 Å². The van der Waals surface area contributed by atoms with Crippen LogP contribution in [0.25, 0.3) is 0 Å². The SMILES string of the molecule is NC[C](N)c1ccccc1. The second-order valence-electron chi connectivity index (χ2n) is 2.10. The molecule has 0 saturated heterocycles. The molecule has 2 heteroatoms. The van der Waals surface area contributed by atoms with Gasteiger partial charge in [-0.2, -0.15) is 0 Å². The van der Waals surface area contributed by atoms with Crippen LogP contribution in [-0.2, 0) is 0 Å². The molecule has 1 rings (SSSR count). The van der Waals surface area contributed by atoms with Gasteiger partial charge in [0, 0.05) is 6.54 Å². The molecular weight excluding hydrogens is 124 g/mol. The van der Waals surface area contributed by atoms with E-state index in [0.717, 1.165) is 11.6 Å². The fourth-order valence-electron chi connectivity index (χ4n) is 0.770. The summed E-state index contributed by atoms with van der Waals surface area (Å²) in [7, 11) is 0. The van der Waals surface area contributed by atoms with Crippen LogP contribution in [0, 0.1) is 6.04 Å². The highest BCUT2D eigenvalue weighted by Gasteiger charge is 2.00. The summed E-state index contributed by atoms with van der Waals surface area (Å²) in [6, 6.07) is 10.5. The second kappa shape index (κ2) is 3.34. The van der Waals surface area contributed by atoms with E-state index in [4.69, 9.17) is 11.5 Å². The lowest BCUT2D eigenvalue weighted by Crippen LogP contribution is -2.21. The van der Waals surface area contributed by atoms with E-state index in [1.165, 1.54) is 0 Å². The first-order chi connectivity index (χ1) is 4.84. The van der Waals surface area contributed by atoms with Crippen LogP contribution >= 0.6 is 0 Å². The predicted molar refractivity (Wildman–Crippen MR) is 42.0 cm³/mol. The Kier molecular flexibility index (Phi) is 2.42. The maximum Gasteiger partial charge on any atom is 0.0771 e. The Morgan fingerprint density at radius 1 is 1.20 bits per heavy atom. The minimum absolute atomic E-state index is 0.421. The zero-order valence-electron chi connectivity index (χ0n) is 5.75. The van der Waals surface area contributed by atoms with Gasteiger partial charge in [0.1, 0.15) is 0 Å². The molecule has 0 unspecified atom stereocenters. The second-order valence-corrected chi connectivity index (χ2v) is 2.10. The van der Waals surface area contributed by atoms with Crippen molar-refractivity contribution in [2.75, 3.05) is 6.54 Å². The number of rotatable bonds is 2. The van der Waals surface area contributed by atoms with Crippen molar-refractivity contribution < 1.29 is 0 Å². The largest absolute Gasteiger partial charge is 0.328 e. The zero-order chi connectivity index (χ0) is 7.40. The van der Waals surface area contributed by atoms with Crippen LogP contribution in [0.15, 0.2) is 30.3 Å². The van der Waals surface area contributed by atoms with Gasteiger partial charge in [0.05, 0.1) is 6.04 Å². The molecule has 0 fully saturated rings. The molecule has 53 valence electrons.